The van der Waals surface area contributed by atoms with E-state index in [9.17, 15) is 0 Å². The highest BCUT2D eigenvalue weighted by atomic mass is 16.5. The third-order valence-corrected chi connectivity index (χ3v) is 3.43. The number of nitrogens with one attached hydrogen (secondary N) is 2. The Morgan fingerprint density at radius 1 is 1.37 bits per heavy atom. The summed E-state index contributed by atoms with van der Waals surface area (Å²) in [5.74, 6) is 7.82. The number of hydrazine groups is 1. The molecule has 0 saturated carbocycles. The minimum Gasteiger partial charge on any atom is -0.378 e. The van der Waals surface area contributed by atoms with E-state index in [0.717, 1.165) is 43.2 Å². The first-order valence-electron chi connectivity index (χ1n) is 6.94. The molecule has 106 valence electrons. The van der Waals surface area contributed by atoms with E-state index >= 15 is 0 Å². The Bertz CT molecular complexity index is 418. The van der Waals surface area contributed by atoms with Crippen LogP contribution in [0.4, 0.5) is 11.6 Å². The van der Waals surface area contributed by atoms with E-state index in [1.807, 2.05) is 13.8 Å². The third kappa shape index (κ3) is 3.54. The predicted octanol–water partition coefficient (Wildman–Crippen LogP) is 1.61. The zero-order chi connectivity index (χ0) is 13.7. The molecule has 1 aliphatic rings. The van der Waals surface area contributed by atoms with Gasteiger partial charge in [-0.1, -0.05) is 6.92 Å². The molecule has 1 saturated heterocycles. The summed E-state index contributed by atoms with van der Waals surface area (Å²) in [5, 5.41) is 3.36. The first-order chi connectivity index (χ1) is 9.24. The standard InChI is InChI=1S/C13H23N5O/c1-3-11-16-12(9(2)13(17-11)18-14)15-7-6-10-5-4-8-19-10/h10H,3-8,14H2,1-2H3,(H2,15,16,17,18). The molecule has 1 aromatic rings. The average Bonchev–Trinajstić information content (AvgIpc) is 2.94. The predicted molar refractivity (Wildman–Crippen MR) is 76.0 cm³/mol. The summed E-state index contributed by atoms with van der Waals surface area (Å²) in [7, 11) is 0. The Morgan fingerprint density at radius 3 is 2.79 bits per heavy atom. The molecule has 0 radical (unpaired) electrons. The molecular weight excluding hydrogens is 242 g/mol. The number of nitrogens with zero attached hydrogens (tertiary/aromatic N) is 2. The number of ether oxygens (including phenoxy) is 1. The fourth-order valence-corrected chi connectivity index (χ4v) is 2.26. The van der Waals surface area contributed by atoms with Crippen molar-refractivity contribution in [1.29, 1.82) is 0 Å². The van der Waals surface area contributed by atoms with E-state index in [-0.39, 0.29) is 0 Å². The van der Waals surface area contributed by atoms with Crippen molar-refractivity contribution in [3.63, 3.8) is 0 Å². The summed E-state index contributed by atoms with van der Waals surface area (Å²) in [4.78, 5) is 8.85. The average molecular weight is 265 g/mol. The maximum absolute atomic E-state index is 5.61. The highest BCUT2D eigenvalue weighted by Crippen LogP contribution is 2.20. The van der Waals surface area contributed by atoms with Crippen molar-refractivity contribution in [2.75, 3.05) is 23.9 Å². The molecule has 1 fully saturated rings. The summed E-state index contributed by atoms with van der Waals surface area (Å²) in [5.41, 5.74) is 3.58. The maximum atomic E-state index is 5.61. The second kappa shape index (κ2) is 6.68. The van der Waals surface area contributed by atoms with Crippen molar-refractivity contribution in [1.82, 2.24) is 9.97 Å². The van der Waals surface area contributed by atoms with E-state index in [1.165, 1.54) is 12.8 Å². The summed E-state index contributed by atoms with van der Waals surface area (Å²) < 4.78 is 5.61. The number of nitrogens with two attached hydrogens (primary N) is 1. The van der Waals surface area contributed by atoms with Gasteiger partial charge in [0.05, 0.1) is 6.10 Å². The number of hydrogen-bond acceptors (Lipinski definition) is 6. The summed E-state index contributed by atoms with van der Waals surface area (Å²) in [6, 6.07) is 0. The zero-order valence-electron chi connectivity index (χ0n) is 11.7. The van der Waals surface area contributed by atoms with Crippen molar-refractivity contribution in [3.8, 4) is 0 Å². The van der Waals surface area contributed by atoms with Crippen LogP contribution in [0, 0.1) is 6.92 Å². The zero-order valence-corrected chi connectivity index (χ0v) is 11.7. The summed E-state index contributed by atoms with van der Waals surface area (Å²) >= 11 is 0. The van der Waals surface area contributed by atoms with Gasteiger partial charge in [-0.15, -0.1) is 0 Å². The lowest BCUT2D eigenvalue weighted by molar-refractivity contribution is 0.107. The molecule has 0 bridgehead atoms. The number of rotatable bonds is 6. The lowest BCUT2D eigenvalue weighted by Gasteiger charge is -2.14. The molecule has 1 unspecified atom stereocenters. The molecule has 0 aromatic carbocycles. The minimum atomic E-state index is 0.396. The molecule has 6 nitrogen and oxygen atoms in total. The van der Waals surface area contributed by atoms with Crippen LogP contribution in [0.1, 0.15) is 37.6 Å². The van der Waals surface area contributed by atoms with Crippen LogP contribution < -0.4 is 16.6 Å². The molecule has 0 amide bonds. The van der Waals surface area contributed by atoms with Crippen LogP contribution in [-0.4, -0.2) is 29.2 Å². The van der Waals surface area contributed by atoms with Crippen LogP contribution in [0.3, 0.4) is 0 Å². The highest BCUT2D eigenvalue weighted by Gasteiger charge is 2.15. The summed E-state index contributed by atoms with van der Waals surface area (Å²) in [6.45, 7) is 5.75. The van der Waals surface area contributed by atoms with Crippen molar-refractivity contribution in [3.05, 3.63) is 11.4 Å². The van der Waals surface area contributed by atoms with Crippen molar-refractivity contribution < 1.29 is 4.74 Å². The molecule has 2 rings (SSSR count). The van der Waals surface area contributed by atoms with Crippen LogP contribution in [0.2, 0.25) is 0 Å². The molecule has 6 heteroatoms. The van der Waals surface area contributed by atoms with E-state index < -0.39 is 0 Å². The largest absolute Gasteiger partial charge is 0.378 e. The van der Waals surface area contributed by atoms with Gasteiger partial charge in [0.2, 0.25) is 0 Å². The van der Waals surface area contributed by atoms with Crippen LogP contribution in [0.25, 0.3) is 0 Å². The molecule has 2 heterocycles. The summed E-state index contributed by atoms with van der Waals surface area (Å²) in [6.07, 6.45) is 4.54. The van der Waals surface area contributed by atoms with Gasteiger partial charge in [-0.25, -0.2) is 15.8 Å². The second-order valence-electron chi connectivity index (χ2n) is 4.81. The van der Waals surface area contributed by atoms with E-state index in [4.69, 9.17) is 10.6 Å². The number of nitrogen functional groups attached to an aromatic ring is 1. The quantitative estimate of drug-likeness (QED) is 0.535. The SMILES string of the molecule is CCc1nc(NN)c(C)c(NCCC2CCCO2)n1. The molecule has 0 spiro atoms. The van der Waals surface area contributed by atoms with E-state index in [1.54, 1.807) is 0 Å². The van der Waals surface area contributed by atoms with E-state index in [2.05, 4.69) is 20.7 Å². The van der Waals surface area contributed by atoms with Gasteiger partial charge in [0, 0.05) is 25.1 Å². The molecular formula is C13H23N5O. The highest BCUT2D eigenvalue weighted by molar-refractivity contribution is 5.56. The van der Waals surface area contributed by atoms with Crippen molar-refractivity contribution >= 4 is 11.6 Å². The second-order valence-corrected chi connectivity index (χ2v) is 4.81. The Labute approximate surface area is 114 Å². The molecule has 1 aliphatic heterocycles. The maximum Gasteiger partial charge on any atom is 0.148 e. The minimum absolute atomic E-state index is 0.396. The number of aromatic nitrogens is 2. The normalized spacial score (nSPS) is 18.6. The molecule has 0 aliphatic carbocycles. The monoisotopic (exact) mass is 265 g/mol. The fraction of sp³-hybridized carbons (Fsp3) is 0.692. The van der Waals surface area contributed by atoms with Gasteiger partial charge in [0.15, 0.2) is 0 Å². The molecule has 19 heavy (non-hydrogen) atoms. The van der Waals surface area contributed by atoms with E-state index in [0.29, 0.717) is 11.9 Å². The lowest BCUT2D eigenvalue weighted by Crippen LogP contribution is -2.17. The van der Waals surface area contributed by atoms with Crippen molar-refractivity contribution in [2.24, 2.45) is 5.84 Å². The van der Waals surface area contributed by atoms with Gasteiger partial charge in [0.1, 0.15) is 17.5 Å². The van der Waals surface area contributed by atoms with Crippen LogP contribution in [0.5, 0.6) is 0 Å². The first kappa shape index (κ1) is 14.0. The van der Waals surface area contributed by atoms with Gasteiger partial charge in [-0.2, -0.15) is 0 Å². The van der Waals surface area contributed by atoms with Crippen LogP contribution in [0.15, 0.2) is 0 Å². The molecule has 1 aromatic heterocycles. The van der Waals surface area contributed by atoms with Gasteiger partial charge >= 0.3 is 0 Å². The number of anilines is 2. The number of hydrogen-bond donors (Lipinski definition) is 3. The van der Waals surface area contributed by atoms with Gasteiger partial charge in [-0.3, -0.25) is 0 Å². The first-order valence-corrected chi connectivity index (χ1v) is 6.94. The smallest absolute Gasteiger partial charge is 0.148 e. The Balaban J connectivity index is 1.97. The van der Waals surface area contributed by atoms with Crippen LogP contribution in [-0.2, 0) is 11.2 Å². The molecule has 1 atom stereocenters. The van der Waals surface area contributed by atoms with Gasteiger partial charge in [0.25, 0.3) is 0 Å². The fourth-order valence-electron chi connectivity index (χ4n) is 2.26. The van der Waals surface area contributed by atoms with Gasteiger partial charge < -0.3 is 15.5 Å². The molecule has 4 N–H and O–H groups in total. The Hall–Kier alpha value is -1.40. The van der Waals surface area contributed by atoms with Crippen LogP contribution >= 0.6 is 0 Å². The topological polar surface area (TPSA) is 85.1 Å². The Kier molecular flexibility index (Phi) is 4.93. The Morgan fingerprint density at radius 2 is 2.16 bits per heavy atom. The van der Waals surface area contributed by atoms with Gasteiger partial charge in [-0.05, 0) is 26.2 Å². The van der Waals surface area contributed by atoms with Crippen molar-refractivity contribution in [2.45, 2.75) is 45.6 Å². The lowest BCUT2D eigenvalue weighted by atomic mass is 10.2. The number of aryl methyl sites for hydroxylation is 1. The third-order valence-electron chi connectivity index (χ3n) is 3.43.